The number of carbonyl (C=O) groups is 2. The van der Waals surface area contributed by atoms with Gasteiger partial charge < -0.3 is 9.15 Å². The number of hydrogen-bond acceptors (Lipinski definition) is 7. The number of rotatable bonds is 5. The minimum absolute atomic E-state index is 0.147. The highest BCUT2D eigenvalue weighted by Gasteiger charge is 2.34. The number of nitro groups is 1. The van der Waals surface area contributed by atoms with Crippen LogP contribution in [0, 0.1) is 10.1 Å². The van der Waals surface area contributed by atoms with Gasteiger partial charge in [0.05, 0.1) is 24.1 Å². The van der Waals surface area contributed by atoms with Crippen molar-refractivity contribution in [3.63, 3.8) is 0 Å². The summed E-state index contributed by atoms with van der Waals surface area (Å²) in [6.45, 7) is 0.411. The van der Waals surface area contributed by atoms with Gasteiger partial charge in [-0.1, -0.05) is 0 Å². The number of methoxy groups -OCH3 is 1. The van der Waals surface area contributed by atoms with E-state index in [4.69, 9.17) is 9.15 Å². The lowest BCUT2D eigenvalue weighted by atomic mass is 10.3. The van der Waals surface area contributed by atoms with Crippen molar-refractivity contribution in [2.45, 2.75) is 0 Å². The molecule has 0 spiro atoms. The van der Waals surface area contributed by atoms with Crippen LogP contribution >= 0.6 is 11.8 Å². The number of ether oxygens (including phenoxy) is 1. The summed E-state index contributed by atoms with van der Waals surface area (Å²) in [7, 11) is 1.47. The van der Waals surface area contributed by atoms with E-state index in [1.54, 1.807) is 0 Å². The maximum atomic E-state index is 12.0. The molecule has 1 saturated heterocycles. The van der Waals surface area contributed by atoms with E-state index in [0.29, 0.717) is 0 Å². The molecule has 2 rings (SSSR count). The van der Waals surface area contributed by atoms with Gasteiger partial charge in [0, 0.05) is 13.2 Å². The third-order valence-corrected chi connectivity index (χ3v) is 3.37. The molecule has 9 heteroatoms. The topological polar surface area (TPSA) is 103 Å². The monoisotopic (exact) mass is 298 g/mol. The summed E-state index contributed by atoms with van der Waals surface area (Å²) in [5, 5.41) is 10.1. The normalized spacial score (nSPS) is 17.2. The van der Waals surface area contributed by atoms with Crippen molar-refractivity contribution in [3.8, 4) is 0 Å². The van der Waals surface area contributed by atoms with Gasteiger partial charge in [-0.05, 0) is 17.8 Å². The first-order valence-corrected chi connectivity index (χ1v) is 6.33. The van der Waals surface area contributed by atoms with Crippen molar-refractivity contribution in [1.82, 2.24) is 4.90 Å². The highest BCUT2D eigenvalue weighted by atomic mass is 32.2. The summed E-state index contributed by atoms with van der Waals surface area (Å²) in [6.07, 6.45) is 1.31. The lowest BCUT2D eigenvalue weighted by Crippen LogP contribution is -2.31. The Labute approximate surface area is 117 Å². The summed E-state index contributed by atoms with van der Waals surface area (Å²) >= 11 is 0.758. The zero-order valence-electron chi connectivity index (χ0n) is 10.4. The Balaban J connectivity index is 2.16. The van der Waals surface area contributed by atoms with Gasteiger partial charge in [-0.2, -0.15) is 0 Å². The number of amides is 2. The van der Waals surface area contributed by atoms with Gasteiger partial charge in [-0.3, -0.25) is 24.6 Å². The van der Waals surface area contributed by atoms with Gasteiger partial charge in [0.2, 0.25) is 0 Å². The molecule has 0 bridgehead atoms. The van der Waals surface area contributed by atoms with Crippen molar-refractivity contribution in [3.05, 3.63) is 32.9 Å². The molecule has 0 saturated carbocycles. The zero-order valence-corrected chi connectivity index (χ0v) is 11.2. The highest BCUT2D eigenvalue weighted by molar-refractivity contribution is 8.18. The van der Waals surface area contributed by atoms with Crippen LogP contribution in [0.2, 0.25) is 0 Å². The van der Waals surface area contributed by atoms with Crippen LogP contribution in [0.1, 0.15) is 5.76 Å². The van der Waals surface area contributed by atoms with E-state index < -0.39 is 22.0 Å². The van der Waals surface area contributed by atoms with Gasteiger partial charge in [0.25, 0.3) is 11.1 Å². The third kappa shape index (κ3) is 2.89. The molecular formula is C11H10N2O6S. The Kier molecular flexibility index (Phi) is 4.20. The van der Waals surface area contributed by atoms with Crippen molar-refractivity contribution in [1.29, 1.82) is 0 Å². The van der Waals surface area contributed by atoms with Crippen molar-refractivity contribution < 1.29 is 23.7 Å². The molecule has 2 amide bonds. The maximum absolute atomic E-state index is 12.0. The fourth-order valence-corrected chi connectivity index (χ4v) is 2.37. The average molecular weight is 298 g/mol. The van der Waals surface area contributed by atoms with E-state index in [1.807, 2.05) is 0 Å². The van der Waals surface area contributed by atoms with E-state index >= 15 is 0 Å². The summed E-state index contributed by atoms with van der Waals surface area (Å²) < 4.78 is 9.73. The second-order valence-electron chi connectivity index (χ2n) is 3.76. The van der Waals surface area contributed by atoms with E-state index in [1.165, 1.54) is 25.3 Å². The zero-order chi connectivity index (χ0) is 14.7. The van der Waals surface area contributed by atoms with Gasteiger partial charge in [-0.15, -0.1) is 0 Å². The van der Waals surface area contributed by atoms with Crippen LogP contribution in [0.5, 0.6) is 0 Å². The van der Waals surface area contributed by atoms with Crippen LogP contribution < -0.4 is 0 Å². The van der Waals surface area contributed by atoms with Crippen LogP contribution in [-0.4, -0.2) is 41.2 Å². The van der Waals surface area contributed by atoms with Gasteiger partial charge in [-0.25, -0.2) is 0 Å². The molecule has 0 aliphatic carbocycles. The number of thioether (sulfide) groups is 1. The highest BCUT2D eigenvalue weighted by Crippen LogP contribution is 2.32. The number of imide groups is 1. The molecule has 1 aromatic heterocycles. The molecule has 1 aliphatic heterocycles. The van der Waals surface area contributed by atoms with E-state index in [0.717, 1.165) is 16.7 Å². The fraction of sp³-hybridized carbons (Fsp3) is 0.273. The number of hydrogen-bond donors (Lipinski definition) is 0. The molecule has 106 valence electrons. The Morgan fingerprint density at radius 3 is 2.85 bits per heavy atom. The number of nitrogens with zero attached hydrogens (tertiary/aromatic N) is 2. The van der Waals surface area contributed by atoms with Gasteiger partial charge >= 0.3 is 5.88 Å². The molecule has 8 nitrogen and oxygen atoms in total. The maximum Gasteiger partial charge on any atom is 0.433 e. The first-order chi connectivity index (χ1) is 9.52. The molecule has 20 heavy (non-hydrogen) atoms. The number of furan rings is 1. The predicted molar refractivity (Wildman–Crippen MR) is 69.9 cm³/mol. The molecule has 0 unspecified atom stereocenters. The van der Waals surface area contributed by atoms with E-state index in [2.05, 4.69) is 0 Å². The van der Waals surface area contributed by atoms with E-state index in [9.17, 15) is 19.7 Å². The largest absolute Gasteiger partial charge is 0.433 e. The Bertz CT molecular complexity index is 593. The lowest BCUT2D eigenvalue weighted by Gasteiger charge is -2.10. The molecule has 0 atom stereocenters. The van der Waals surface area contributed by atoms with Gasteiger partial charge in [0.15, 0.2) is 0 Å². The quantitative estimate of drug-likeness (QED) is 0.464. The molecular weight excluding hydrogens is 288 g/mol. The second-order valence-corrected chi connectivity index (χ2v) is 4.75. The first kappa shape index (κ1) is 14.3. The minimum atomic E-state index is -0.679. The molecule has 1 fully saturated rings. The first-order valence-electron chi connectivity index (χ1n) is 5.51. The molecule has 0 N–H and O–H groups in total. The average Bonchev–Trinajstić information content (AvgIpc) is 2.95. The molecule has 0 aromatic carbocycles. The van der Waals surface area contributed by atoms with Gasteiger partial charge in [0.1, 0.15) is 10.7 Å². The minimum Gasteiger partial charge on any atom is -0.401 e. The molecule has 1 aliphatic rings. The smallest absolute Gasteiger partial charge is 0.401 e. The van der Waals surface area contributed by atoms with Crippen LogP contribution in [-0.2, 0) is 9.53 Å². The molecule has 0 radical (unpaired) electrons. The molecule has 1 aromatic rings. The van der Waals surface area contributed by atoms with E-state index in [-0.39, 0.29) is 23.8 Å². The van der Waals surface area contributed by atoms with Crippen molar-refractivity contribution in [2.75, 3.05) is 20.3 Å². The second kappa shape index (κ2) is 5.88. The van der Waals surface area contributed by atoms with Crippen LogP contribution in [0.25, 0.3) is 6.08 Å². The Morgan fingerprint density at radius 2 is 2.25 bits per heavy atom. The summed E-state index contributed by atoms with van der Waals surface area (Å²) in [6, 6.07) is 2.54. The third-order valence-electron chi connectivity index (χ3n) is 2.46. The predicted octanol–water partition coefficient (Wildman–Crippen LogP) is 1.87. The summed E-state index contributed by atoms with van der Waals surface area (Å²) in [5.41, 5.74) is 0. The summed E-state index contributed by atoms with van der Waals surface area (Å²) in [5.74, 6) is -0.736. The van der Waals surface area contributed by atoms with Crippen molar-refractivity contribution >= 4 is 34.9 Å². The fourth-order valence-electron chi connectivity index (χ4n) is 1.52. The van der Waals surface area contributed by atoms with Crippen LogP contribution in [0.15, 0.2) is 21.5 Å². The Morgan fingerprint density at radius 1 is 1.50 bits per heavy atom. The summed E-state index contributed by atoms with van der Waals surface area (Å²) in [4.78, 5) is 34.6. The van der Waals surface area contributed by atoms with Crippen LogP contribution in [0.4, 0.5) is 10.7 Å². The molecule has 2 heterocycles. The van der Waals surface area contributed by atoms with Crippen LogP contribution in [0.3, 0.4) is 0 Å². The SMILES string of the molecule is COCCN1C(=O)S/C(=C/c2ccc([N+](=O)[O-])o2)C1=O. The standard InChI is InChI=1S/C11H10N2O6S/c1-18-5-4-12-10(14)8(20-11(12)15)6-7-2-3-9(19-7)13(16)17/h2-3,6H,4-5H2,1H3/b8-6+. The van der Waals surface area contributed by atoms with Crippen molar-refractivity contribution in [2.24, 2.45) is 0 Å². The lowest BCUT2D eigenvalue weighted by molar-refractivity contribution is -0.402. The number of carbonyl (C=O) groups excluding carboxylic acids is 2. The Hall–Kier alpha value is -2.13.